The predicted octanol–water partition coefficient (Wildman–Crippen LogP) is 6.58. The van der Waals surface area contributed by atoms with Crippen molar-refractivity contribution in [3.8, 4) is 11.8 Å². The maximum Gasteiger partial charge on any atom is 0.407 e. The average molecular weight is 474 g/mol. The number of carbonyl (C=O) groups excluding carboxylic acids is 1. The predicted molar refractivity (Wildman–Crippen MR) is 110 cm³/mol. The highest BCUT2D eigenvalue weighted by molar-refractivity contribution is 8.45. The molecule has 0 saturated heterocycles. The van der Waals surface area contributed by atoms with Crippen molar-refractivity contribution in [2.45, 2.75) is 37.8 Å². The summed E-state index contributed by atoms with van der Waals surface area (Å²) in [6.07, 6.45) is -0.727. The summed E-state index contributed by atoms with van der Waals surface area (Å²) >= 11 is 0. The van der Waals surface area contributed by atoms with Crippen molar-refractivity contribution in [1.29, 1.82) is 5.26 Å². The summed E-state index contributed by atoms with van der Waals surface area (Å²) in [6, 6.07) is 8.94. The molecule has 0 bridgehead atoms. The van der Waals surface area contributed by atoms with Crippen molar-refractivity contribution >= 4 is 27.2 Å². The van der Waals surface area contributed by atoms with Gasteiger partial charge in [0.05, 0.1) is 35.1 Å². The molecule has 0 aliphatic heterocycles. The molecule has 1 heterocycles. The van der Waals surface area contributed by atoms with Crippen LogP contribution >= 0.6 is 10.2 Å². The van der Waals surface area contributed by atoms with Crippen LogP contribution in [-0.2, 0) is 11.3 Å². The molecule has 0 unspecified atom stereocenters. The molecule has 0 saturated carbocycles. The molecule has 172 valence electrons. The van der Waals surface area contributed by atoms with E-state index in [9.17, 15) is 29.5 Å². The van der Waals surface area contributed by atoms with E-state index in [0.717, 1.165) is 12.1 Å². The van der Waals surface area contributed by atoms with Crippen molar-refractivity contribution in [2.24, 2.45) is 0 Å². The number of ether oxygens (including phenoxy) is 1. The van der Waals surface area contributed by atoms with Crippen LogP contribution < -0.4 is 5.32 Å². The number of benzene rings is 2. The van der Waals surface area contributed by atoms with E-state index in [1.807, 2.05) is 6.07 Å². The van der Waals surface area contributed by atoms with Crippen molar-refractivity contribution in [1.82, 2.24) is 15.1 Å². The second kappa shape index (κ2) is 6.83. The number of nitrogens with zero attached hydrogens (tertiary/aromatic N) is 3. The SMILES string of the molecule is CC(C)(C)OC(=O)NCc1nn(-c2ccc(S(F)(F)(F)(F)F)cc2)c2cccc(C#N)c12. The summed E-state index contributed by atoms with van der Waals surface area (Å²) in [5, 5.41) is 16.6. The van der Waals surface area contributed by atoms with Crippen LogP contribution in [0.25, 0.3) is 16.6 Å². The first-order valence-corrected chi connectivity index (χ1v) is 11.2. The summed E-state index contributed by atoms with van der Waals surface area (Å²) in [7, 11) is -9.81. The number of aromatic nitrogens is 2. The summed E-state index contributed by atoms with van der Waals surface area (Å²) in [5.41, 5.74) is 0.149. The minimum absolute atomic E-state index is 0.0687. The van der Waals surface area contributed by atoms with Gasteiger partial charge in [0.1, 0.15) is 10.5 Å². The molecule has 32 heavy (non-hydrogen) atoms. The van der Waals surface area contributed by atoms with Gasteiger partial charge in [0.2, 0.25) is 0 Å². The zero-order valence-corrected chi connectivity index (χ0v) is 18.0. The van der Waals surface area contributed by atoms with E-state index in [1.165, 1.54) is 10.7 Å². The molecule has 2 aromatic carbocycles. The molecule has 0 fully saturated rings. The molecule has 3 rings (SSSR count). The summed E-state index contributed by atoms with van der Waals surface area (Å²) in [4.78, 5) is 9.97. The fourth-order valence-corrected chi connectivity index (χ4v) is 3.62. The van der Waals surface area contributed by atoms with E-state index in [0.29, 0.717) is 10.9 Å². The highest BCUT2D eigenvalue weighted by Gasteiger charge is 2.65. The van der Waals surface area contributed by atoms with Gasteiger partial charge in [-0.2, -0.15) is 10.4 Å². The van der Waals surface area contributed by atoms with Crippen molar-refractivity contribution in [2.75, 3.05) is 0 Å². The maximum absolute atomic E-state index is 13.0. The standard InChI is InChI=1S/C20H19F5N4O2S/c1-20(2,3)31-19(30)27-12-16-18-13(11-26)5-4-6-17(18)29(28-16)14-7-9-15(10-8-14)32(21,22,23,24)25/h4-10H,12H2,1-3H3,(H,27,30). The van der Waals surface area contributed by atoms with Gasteiger partial charge in [-0.25, -0.2) is 9.48 Å². The van der Waals surface area contributed by atoms with E-state index in [4.69, 9.17) is 4.74 Å². The third-order valence-electron chi connectivity index (χ3n) is 4.23. The lowest BCUT2D eigenvalue weighted by atomic mass is 10.1. The number of amides is 1. The zero-order chi connectivity index (χ0) is 24.0. The van der Waals surface area contributed by atoms with Gasteiger partial charge in [-0.3, -0.25) is 0 Å². The molecule has 0 spiro atoms. The molecular weight excluding hydrogens is 455 g/mol. The molecule has 6 nitrogen and oxygen atoms in total. The molecule has 12 heteroatoms. The van der Waals surface area contributed by atoms with Gasteiger partial charge in [0.15, 0.2) is 0 Å². The smallest absolute Gasteiger partial charge is 0.407 e. The summed E-state index contributed by atoms with van der Waals surface area (Å²) < 4.78 is 71.5. The Balaban J connectivity index is 2.04. The normalized spacial score (nSPS) is 14.3. The fraction of sp³-hybridized carbons (Fsp3) is 0.250. The third-order valence-corrected chi connectivity index (χ3v) is 5.39. The Hall–Kier alpha value is -3.33. The Bertz CT molecular complexity index is 1240. The Kier molecular flexibility index (Phi) is 4.98. The number of alkyl carbamates (subject to hydrolysis) is 1. The van der Waals surface area contributed by atoms with E-state index in [1.54, 1.807) is 32.9 Å². The summed E-state index contributed by atoms with van der Waals surface area (Å²) in [6.45, 7) is 4.91. The number of carbonyl (C=O) groups is 1. The number of nitriles is 1. The fourth-order valence-electron chi connectivity index (χ4n) is 2.97. The Morgan fingerprint density at radius 2 is 1.75 bits per heavy atom. The lowest BCUT2D eigenvalue weighted by molar-refractivity contribution is 0.0523. The number of hydrogen-bond donors (Lipinski definition) is 1. The van der Waals surface area contributed by atoms with Crippen LogP contribution in [0, 0.1) is 11.3 Å². The van der Waals surface area contributed by atoms with Gasteiger partial charge in [-0.15, -0.1) is 0 Å². The van der Waals surface area contributed by atoms with Crippen LogP contribution in [0.15, 0.2) is 47.4 Å². The van der Waals surface area contributed by atoms with E-state index in [2.05, 4.69) is 10.4 Å². The van der Waals surface area contributed by atoms with Crippen LogP contribution in [-0.4, -0.2) is 21.5 Å². The minimum Gasteiger partial charge on any atom is -0.444 e. The zero-order valence-electron chi connectivity index (χ0n) is 17.2. The van der Waals surface area contributed by atoms with Crippen LogP contribution in [0.2, 0.25) is 0 Å². The van der Waals surface area contributed by atoms with Gasteiger partial charge in [0.25, 0.3) is 0 Å². The van der Waals surface area contributed by atoms with Crippen LogP contribution in [0.5, 0.6) is 0 Å². The van der Waals surface area contributed by atoms with E-state index in [-0.39, 0.29) is 35.6 Å². The van der Waals surface area contributed by atoms with Crippen molar-refractivity contribution in [3.63, 3.8) is 0 Å². The molecule has 0 atom stereocenters. The van der Waals surface area contributed by atoms with Gasteiger partial charge in [-0.1, -0.05) is 25.5 Å². The molecular formula is C20H19F5N4O2S. The van der Waals surface area contributed by atoms with Crippen LogP contribution in [0.1, 0.15) is 32.0 Å². The minimum atomic E-state index is -9.81. The van der Waals surface area contributed by atoms with Gasteiger partial charge in [0, 0.05) is 5.39 Å². The number of hydrogen-bond acceptors (Lipinski definition) is 4. The maximum atomic E-state index is 13.0. The van der Waals surface area contributed by atoms with Gasteiger partial charge in [-0.05, 0) is 57.2 Å². The van der Waals surface area contributed by atoms with E-state index < -0.39 is 26.8 Å². The molecule has 1 N–H and O–H groups in total. The Morgan fingerprint density at radius 3 is 2.28 bits per heavy atom. The van der Waals surface area contributed by atoms with E-state index >= 15 is 0 Å². The topological polar surface area (TPSA) is 79.9 Å². The molecule has 1 amide bonds. The van der Waals surface area contributed by atoms with Crippen molar-refractivity contribution in [3.05, 3.63) is 53.7 Å². The highest BCUT2D eigenvalue weighted by atomic mass is 32.5. The first kappa shape index (κ1) is 23.3. The third kappa shape index (κ3) is 5.11. The lowest BCUT2D eigenvalue weighted by Crippen LogP contribution is -2.32. The second-order valence-corrected chi connectivity index (χ2v) is 10.4. The number of nitrogens with one attached hydrogen (secondary N) is 1. The first-order valence-electron chi connectivity index (χ1n) is 9.20. The van der Waals surface area contributed by atoms with Gasteiger partial charge < -0.3 is 10.1 Å². The summed E-state index contributed by atoms with van der Waals surface area (Å²) in [5.74, 6) is 0. The quantitative estimate of drug-likeness (QED) is 0.433. The Morgan fingerprint density at radius 1 is 1.12 bits per heavy atom. The molecule has 0 radical (unpaired) electrons. The Labute approximate surface area is 180 Å². The second-order valence-electron chi connectivity index (χ2n) is 7.99. The molecule has 0 aliphatic rings. The number of halogens is 5. The number of fused-ring (bicyclic) bond motifs is 1. The monoisotopic (exact) mass is 474 g/mol. The van der Waals surface area contributed by atoms with Crippen LogP contribution in [0.3, 0.4) is 0 Å². The molecule has 1 aromatic heterocycles. The van der Waals surface area contributed by atoms with Gasteiger partial charge >= 0.3 is 16.3 Å². The van der Waals surface area contributed by atoms with Crippen LogP contribution in [0.4, 0.5) is 24.2 Å². The molecule has 0 aliphatic carbocycles. The van der Waals surface area contributed by atoms with Crippen molar-refractivity contribution < 1.29 is 29.0 Å². The first-order chi connectivity index (χ1) is 14.5. The average Bonchev–Trinajstić information content (AvgIpc) is 3.02. The molecule has 3 aromatic rings. The highest BCUT2D eigenvalue weighted by Crippen LogP contribution is 3.02. The lowest BCUT2D eigenvalue weighted by Gasteiger charge is -2.40. The number of rotatable bonds is 4. The largest absolute Gasteiger partial charge is 0.444 e.